The third-order valence-corrected chi connectivity index (χ3v) is 3.83. The van der Waals surface area contributed by atoms with Gasteiger partial charge in [-0.05, 0) is 55.3 Å². The number of rotatable bonds is 7. The summed E-state index contributed by atoms with van der Waals surface area (Å²) in [7, 11) is 0. The lowest BCUT2D eigenvalue weighted by atomic mass is 10.1. The molecule has 7 heteroatoms. The van der Waals surface area contributed by atoms with E-state index in [1.165, 1.54) is 5.56 Å². The van der Waals surface area contributed by atoms with Crippen molar-refractivity contribution in [2.45, 2.75) is 33.0 Å². The van der Waals surface area contributed by atoms with Crippen LogP contribution in [0, 0.1) is 0 Å². The third-order valence-electron chi connectivity index (χ3n) is 3.83. The van der Waals surface area contributed by atoms with Gasteiger partial charge in [-0.15, -0.1) is 24.0 Å². The van der Waals surface area contributed by atoms with Gasteiger partial charge < -0.3 is 15.8 Å². The summed E-state index contributed by atoms with van der Waals surface area (Å²) in [5.74, 6) is 1.21. The van der Waals surface area contributed by atoms with Gasteiger partial charge in [0.25, 0.3) is 0 Å². The maximum Gasteiger partial charge on any atom is 0.193 e. The minimum Gasteiger partial charge on any atom is -0.491 e. The Labute approximate surface area is 182 Å². The Morgan fingerprint density at radius 2 is 1.89 bits per heavy atom. The molecule has 0 bridgehead atoms. The van der Waals surface area contributed by atoms with E-state index in [-0.39, 0.29) is 30.1 Å². The number of hydrogen-bond donors (Lipinski definition) is 2. The summed E-state index contributed by atoms with van der Waals surface area (Å²) in [5, 5.41) is 7.34. The number of halogens is 1. The number of nitrogens with one attached hydrogen (secondary N) is 1. The van der Waals surface area contributed by atoms with E-state index in [2.05, 4.69) is 27.5 Å². The zero-order valence-corrected chi connectivity index (χ0v) is 18.4. The number of ether oxygens (including phenoxy) is 1. The van der Waals surface area contributed by atoms with Crippen molar-refractivity contribution in [2.24, 2.45) is 10.7 Å². The fourth-order valence-electron chi connectivity index (χ4n) is 2.66. The first kappa shape index (κ1) is 21.7. The summed E-state index contributed by atoms with van der Waals surface area (Å²) in [6.07, 6.45) is 3.88. The Kier molecular flexibility index (Phi) is 8.31. The van der Waals surface area contributed by atoms with Crippen LogP contribution in [-0.4, -0.2) is 21.8 Å². The molecule has 0 saturated heterocycles. The molecule has 148 valence electrons. The zero-order valence-electron chi connectivity index (χ0n) is 16.1. The second-order valence-corrected chi connectivity index (χ2v) is 6.54. The Hall–Kier alpha value is -2.55. The molecule has 0 atom stereocenters. The second-order valence-electron chi connectivity index (χ2n) is 6.54. The summed E-state index contributed by atoms with van der Waals surface area (Å²) in [5.41, 5.74) is 9.17. The normalized spacial score (nSPS) is 11.2. The maximum absolute atomic E-state index is 6.01. The van der Waals surface area contributed by atoms with Crippen molar-refractivity contribution in [2.75, 3.05) is 5.32 Å². The van der Waals surface area contributed by atoms with E-state index in [1.807, 2.05) is 67.2 Å². The molecule has 3 rings (SSSR count). The minimum absolute atomic E-state index is 0. The first-order valence-corrected chi connectivity index (χ1v) is 8.97. The Morgan fingerprint density at radius 1 is 1.14 bits per heavy atom. The molecule has 0 aliphatic rings. The smallest absolute Gasteiger partial charge is 0.193 e. The van der Waals surface area contributed by atoms with Crippen LogP contribution >= 0.6 is 24.0 Å². The molecule has 3 N–H and O–H groups in total. The third kappa shape index (κ3) is 6.88. The predicted octanol–water partition coefficient (Wildman–Crippen LogP) is 4.26. The molecule has 0 unspecified atom stereocenters. The summed E-state index contributed by atoms with van der Waals surface area (Å²) in [6, 6.07) is 17.9. The highest BCUT2D eigenvalue weighted by molar-refractivity contribution is 14.0. The standard InChI is InChI=1S/C21H25N5O.HI/c1-16(2)27-20-9-7-19(8-10-20)25-21(22)23-14-17-5-3-6-18(13-17)15-26-12-4-11-24-26;/h3-13,16H,14-15H2,1-2H3,(H3,22,23,25);1H. The number of guanidine groups is 1. The van der Waals surface area contributed by atoms with Crippen molar-refractivity contribution < 1.29 is 4.74 Å². The lowest BCUT2D eigenvalue weighted by molar-refractivity contribution is 0.242. The molecule has 2 aromatic carbocycles. The van der Waals surface area contributed by atoms with Crippen LogP contribution in [0.15, 0.2) is 72.0 Å². The van der Waals surface area contributed by atoms with Crippen LogP contribution in [0.3, 0.4) is 0 Å². The van der Waals surface area contributed by atoms with Crippen LogP contribution in [0.25, 0.3) is 0 Å². The highest BCUT2D eigenvalue weighted by Gasteiger charge is 2.01. The van der Waals surface area contributed by atoms with Crippen molar-refractivity contribution in [3.63, 3.8) is 0 Å². The lowest BCUT2D eigenvalue weighted by Gasteiger charge is -2.11. The van der Waals surface area contributed by atoms with Gasteiger partial charge in [-0.2, -0.15) is 5.10 Å². The van der Waals surface area contributed by atoms with Gasteiger partial charge in [-0.1, -0.05) is 24.3 Å². The van der Waals surface area contributed by atoms with Gasteiger partial charge >= 0.3 is 0 Å². The number of aromatic nitrogens is 2. The quantitative estimate of drug-likeness (QED) is 0.294. The van der Waals surface area contributed by atoms with Gasteiger partial charge in [0, 0.05) is 18.1 Å². The van der Waals surface area contributed by atoms with Gasteiger partial charge in [-0.3, -0.25) is 4.68 Å². The molecular weight excluding hydrogens is 465 g/mol. The molecule has 1 heterocycles. The van der Waals surface area contributed by atoms with E-state index < -0.39 is 0 Å². The molecule has 6 nitrogen and oxygen atoms in total. The number of hydrogen-bond acceptors (Lipinski definition) is 3. The van der Waals surface area contributed by atoms with Crippen LogP contribution in [0.2, 0.25) is 0 Å². The molecule has 1 aromatic heterocycles. The molecule has 0 amide bonds. The van der Waals surface area contributed by atoms with Gasteiger partial charge in [0.2, 0.25) is 0 Å². The van der Waals surface area contributed by atoms with Crippen LogP contribution < -0.4 is 15.8 Å². The van der Waals surface area contributed by atoms with Crippen molar-refractivity contribution >= 4 is 35.6 Å². The average Bonchev–Trinajstić information content (AvgIpc) is 3.15. The highest BCUT2D eigenvalue weighted by atomic mass is 127. The molecule has 0 fully saturated rings. The monoisotopic (exact) mass is 491 g/mol. The molecule has 0 radical (unpaired) electrons. The van der Waals surface area contributed by atoms with E-state index >= 15 is 0 Å². The molecule has 3 aromatic rings. The topological polar surface area (TPSA) is 77.5 Å². The van der Waals surface area contributed by atoms with Gasteiger partial charge in [0.1, 0.15) is 5.75 Å². The van der Waals surface area contributed by atoms with Crippen molar-refractivity contribution in [1.82, 2.24) is 9.78 Å². The number of nitrogens with two attached hydrogens (primary N) is 1. The largest absolute Gasteiger partial charge is 0.491 e. The van der Waals surface area contributed by atoms with E-state index in [4.69, 9.17) is 10.5 Å². The number of anilines is 1. The number of nitrogens with zero attached hydrogens (tertiary/aromatic N) is 3. The summed E-state index contributed by atoms with van der Waals surface area (Å²) in [4.78, 5) is 4.43. The van der Waals surface area contributed by atoms with Gasteiger partial charge in [-0.25, -0.2) is 4.99 Å². The maximum atomic E-state index is 6.01. The SMILES string of the molecule is CC(C)Oc1ccc(NC(N)=NCc2cccc(Cn3cccn3)c2)cc1.I. The first-order valence-electron chi connectivity index (χ1n) is 8.97. The fourth-order valence-corrected chi connectivity index (χ4v) is 2.66. The van der Waals surface area contributed by atoms with Gasteiger partial charge in [0.15, 0.2) is 5.96 Å². The molecule has 0 saturated carbocycles. The Bertz CT molecular complexity index is 876. The molecule has 0 aliphatic heterocycles. The highest BCUT2D eigenvalue weighted by Crippen LogP contribution is 2.16. The van der Waals surface area contributed by atoms with Crippen molar-refractivity contribution in [3.05, 3.63) is 78.1 Å². The first-order chi connectivity index (χ1) is 13.1. The van der Waals surface area contributed by atoms with E-state index in [1.54, 1.807) is 6.20 Å². The summed E-state index contributed by atoms with van der Waals surface area (Å²) in [6.45, 7) is 5.26. The molecule has 0 spiro atoms. The van der Waals surface area contributed by atoms with Gasteiger partial charge in [0.05, 0.1) is 19.2 Å². The van der Waals surface area contributed by atoms with E-state index in [0.29, 0.717) is 12.5 Å². The second kappa shape index (κ2) is 10.7. The van der Waals surface area contributed by atoms with Crippen LogP contribution in [0.4, 0.5) is 5.69 Å². The number of benzene rings is 2. The summed E-state index contributed by atoms with van der Waals surface area (Å²) >= 11 is 0. The number of aliphatic imine (C=N–C) groups is 1. The van der Waals surface area contributed by atoms with Crippen LogP contribution in [0.1, 0.15) is 25.0 Å². The fraction of sp³-hybridized carbons (Fsp3) is 0.238. The van der Waals surface area contributed by atoms with Crippen LogP contribution in [0.5, 0.6) is 5.75 Å². The zero-order chi connectivity index (χ0) is 19.1. The molecular formula is C21H26IN5O. The Morgan fingerprint density at radius 3 is 2.57 bits per heavy atom. The predicted molar refractivity (Wildman–Crippen MR) is 124 cm³/mol. The van der Waals surface area contributed by atoms with Crippen LogP contribution in [-0.2, 0) is 13.1 Å². The van der Waals surface area contributed by atoms with Crippen molar-refractivity contribution in [1.29, 1.82) is 0 Å². The minimum atomic E-state index is 0. The Balaban J connectivity index is 0.00000280. The average molecular weight is 491 g/mol. The van der Waals surface area contributed by atoms with Crippen molar-refractivity contribution in [3.8, 4) is 5.75 Å². The van der Waals surface area contributed by atoms with E-state index in [0.717, 1.165) is 23.5 Å². The lowest BCUT2D eigenvalue weighted by Crippen LogP contribution is -2.22. The molecule has 0 aliphatic carbocycles. The molecule has 28 heavy (non-hydrogen) atoms. The van der Waals surface area contributed by atoms with E-state index in [9.17, 15) is 0 Å². The summed E-state index contributed by atoms with van der Waals surface area (Å²) < 4.78 is 7.53.